The summed E-state index contributed by atoms with van der Waals surface area (Å²) in [4.78, 5) is 13.6. The van der Waals surface area contributed by atoms with Crippen LogP contribution >= 0.6 is 0 Å². The minimum Gasteiger partial charge on any atom is -0.395 e. The van der Waals surface area contributed by atoms with Crippen LogP contribution in [-0.4, -0.2) is 48.3 Å². The maximum atomic E-state index is 13.2. The Bertz CT molecular complexity index is 506. The maximum Gasteiger partial charge on any atom is 0.315 e. The second-order valence-corrected chi connectivity index (χ2v) is 5.42. The number of hydrogen-bond donors (Lipinski definition) is 3. The molecule has 0 spiro atoms. The van der Waals surface area contributed by atoms with Crippen LogP contribution in [0.15, 0.2) is 18.2 Å². The van der Waals surface area contributed by atoms with Gasteiger partial charge in [0.05, 0.1) is 6.61 Å². The standard InChI is InChI=1S/C15H21F2N3O2/c16-13-2-1-11(9-14(13)17)10-20-6-3-12(4-7-20)19-15(22)18-5-8-21/h1-2,9,12,21H,3-8,10H2,(H2,18,19,22). The van der Waals surface area contributed by atoms with Gasteiger partial charge in [-0.1, -0.05) is 6.07 Å². The Morgan fingerprint density at radius 2 is 2.00 bits per heavy atom. The van der Waals surface area contributed by atoms with Crippen LogP contribution in [0.2, 0.25) is 0 Å². The van der Waals surface area contributed by atoms with E-state index in [0.29, 0.717) is 6.54 Å². The van der Waals surface area contributed by atoms with Gasteiger partial charge in [-0.2, -0.15) is 0 Å². The molecule has 1 aliphatic rings. The van der Waals surface area contributed by atoms with Gasteiger partial charge in [-0.3, -0.25) is 4.90 Å². The van der Waals surface area contributed by atoms with Gasteiger partial charge in [0.15, 0.2) is 11.6 Å². The Labute approximate surface area is 128 Å². The minimum atomic E-state index is -0.833. The number of piperidine rings is 1. The van der Waals surface area contributed by atoms with Gasteiger partial charge in [0.1, 0.15) is 0 Å². The summed E-state index contributed by atoms with van der Waals surface area (Å²) in [6.45, 7) is 2.29. The fourth-order valence-electron chi connectivity index (χ4n) is 2.54. The molecule has 1 aliphatic heterocycles. The molecule has 0 saturated carbocycles. The number of halogens is 2. The summed E-state index contributed by atoms with van der Waals surface area (Å²) >= 11 is 0. The third-order valence-corrected chi connectivity index (χ3v) is 3.71. The average molecular weight is 313 g/mol. The first-order chi connectivity index (χ1) is 10.6. The van der Waals surface area contributed by atoms with Crippen molar-refractivity contribution in [2.75, 3.05) is 26.2 Å². The first-order valence-electron chi connectivity index (χ1n) is 7.40. The second-order valence-electron chi connectivity index (χ2n) is 5.42. The van der Waals surface area contributed by atoms with Gasteiger partial charge in [0.2, 0.25) is 0 Å². The number of aliphatic hydroxyl groups excluding tert-OH is 1. The van der Waals surface area contributed by atoms with Crippen LogP contribution in [0.25, 0.3) is 0 Å². The number of likely N-dealkylation sites (tertiary alicyclic amines) is 1. The molecular formula is C15H21F2N3O2. The van der Waals surface area contributed by atoms with Crippen molar-refractivity contribution in [2.45, 2.75) is 25.4 Å². The molecule has 122 valence electrons. The van der Waals surface area contributed by atoms with Crippen molar-refractivity contribution in [2.24, 2.45) is 0 Å². The number of hydrogen-bond acceptors (Lipinski definition) is 3. The van der Waals surface area contributed by atoms with E-state index in [4.69, 9.17) is 5.11 Å². The zero-order chi connectivity index (χ0) is 15.9. The van der Waals surface area contributed by atoms with E-state index < -0.39 is 11.6 Å². The molecule has 2 amide bonds. The normalized spacial score (nSPS) is 16.5. The monoisotopic (exact) mass is 313 g/mol. The van der Waals surface area contributed by atoms with E-state index in [1.54, 1.807) is 6.07 Å². The van der Waals surface area contributed by atoms with Crippen LogP contribution in [-0.2, 0) is 6.54 Å². The number of carbonyl (C=O) groups excluding carboxylic acids is 1. The van der Waals surface area contributed by atoms with E-state index >= 15 is 0 Å². The largest absolute Gasteiger partial charge is 0.395 e. The molecule has 0 atom stereocenters. The lowest BCUT2D eigenvalue weighted by Gasteiger charge is -2.32. The van der Waals surface area contributed by atoms with Gasteiger partial charge in [0.25, 0.3) is 0 Å². The van der Waals surface area contributed by atoms with E-state index in [2.05, 4.69) is 15.5 Å². The Balaban J connectivity index is 1.75. The topological polar surface area (TPSA) is 64.6 Å². The number of nitrogens with zero attached hydrogens (tertiary/aromatic N) is 1. The average Bonchev–Trinajstić information content (AvgIpc) is 2.51. The molecule has 7 heteroatoms. The zero-order valence-corrected chi connectivity index (χ0v) is 12.3. The highest BCUT2D eigenvalue weighted by Crippen LogP contribution is 2.15. The summed E-state index contributed by atoms with van der Waals surface area (Å²) in [6, 6.07) is 3.78. The van der Waals surface area contributed by atoms with Crippen molar-refractivity contribution in [3.05, 3.63) is 35.4 Å². The summed E-state index contributed by atoms with van der Waals surface area (Å²) in [5, 5.41) is 14.0. The fraction of sp³-hybridized carbons (Fsp3) is 0.533. The highest BCUT2D eigenvalue weighted by Gasteiger charge is 2.20. The highest BCUT2D eigenvalue weighted by molar-refractivity contribution is 5.74. The number of urea groups is 1. The lowest BCUT2D eigenvalue weighted by atomic mass is 10.0. The number of aliphatic hydroxyl groups is 1. The lowest BCUT2D eigenvalue weighted by molar-refractivity contribution is 0.185. The molecule has 0 aliphatic carbocycles. The van der Waals surface area contributed by atoms with Gasteiger partial charge in [0, 0.05) is 32.2 Å². The molecule has 5 nitrogen and oxygen atoms in total. The summed E-state index contributed by atoms with van der Waals surface area (Å²) in [6.07, 6.45) is 1.60. The third-order valence-electron chi connectivity index (χ3n) is 3.71. The van der Waals surface area contributed by atoms with Crippen molar-refractivity contribution in [3.63, 3.8) is 0 Å². The van der Waals surface area contributed by atoms with Crippen LogP contribution in [0.1, 0.15) is 18.4 Å². The van der Waals surface area contributed by atoms with Crippen molar-refractivity contribution >= 4 is 6.03 Å². The predicted molar refractivity (Wildman–Crippen MR) is 78.3 cm³/mol. The fourth-order valence-corrected chi connectivity index (χ4v) is 2.54. The smallest absolute Gasteiger partial charge is 0.315 e. The van der Waals surface area contributed by atoms with E-state index in [9.17, 15) is 13.6 Å². The Morgan fingerprint density at radius 3 is 2.64 bits per heavy atom. The molecule has 0 radical (unpaired) electrons. The van der Waals surface area contributed by atoms with E-state index in [1.807, 2.05) is 0 Å². The number of carbonyl (C=O) groups is 1. The van der Waals surface area contributed by atoms with Gasteiger partial charge in [-0.05, 0) is 30.5 Å². The quantitative estimate of drug-likeness (QED) is 0.766. The van der Waals surface area contributed by atoms with Crippen molar-refractivity contribution in [3.8, 4) is 0 Å². The Hall–Kier alpha value is -1.73. The number of benzene rings is 1. The minimum absolute atomic E-state index is 0.0832. The second kappa shape index (κ2) is 8.05. The molecule has 1 heterocycles. The molecule has 1 fully saturated rings. The Morgan fingerprint density at radius 1 is 1.27 bits per heavy atom. The molecule has 0 aromatic heterocycles. The predicted octanol–water partition coefficient (Wildman–Crippen LogP) is 1.22. The van der Waals surface area contributed by atoms with Gasteiger partial charge in [-0.25, -0.2) is 13.6 Å². The Kier molecular flexibility index (Phi) is 6.09. The first kappa shape index (κ1) is 16.6. The summed E-state index contributed by atoms with van der Waals surface area (Å²) < 4.78 is 26.1. The summed E-state index contributed by atoms with van der Waals surface area (Å²) in [5.41, 5.74) is 0.742. The maximum absolute atomic E-state index is 13.2. The molecular weight excluding hydrogens is 292 g/mol. The molecule has 1 saturated heterocycles. The highest BCUT2D eigenvalue weighted by atomic mass is 19.2. The lowest BCUT2D eigenvalue weighted by Crippen LogP contribution is -2.48. The van der Waals surface area contributed by atoms with Crippen LogP contribution < -0.4 is 10.6 Å². The molecule has 1 aromatic rings. The van der Waals surface area contributed by atoms with E-state index in [1.165, 1.54) is 6.07 Å². The SMILES string of the molecule is O=C(NCCO)NC1CCN(Cc2ccc(F)c(F)c2)CC1. The molecule has 22 heavy (non-hydrogen) atoms. The van der Waals surface area contributed by atoms with Crippen LogP contribution in [0.5, 0.6) is 0 Å². The summed E-state index contributed by atoms with van der Waals surface area (Å²) in [7, 11) is 0. The third kappa shape index (κ3) is 4.92. The molecule has 1 aromatic carbocycles. The first-order valence-corrected chi connectivity index (χ1v) is 7.40. The zero-order valence-electron chi connectivity index (χ0n) is 12.3. The van der Waals surface area contributed by atoms with Crippen molar-refractivity contribution < 1.29 is 18.7 Å². The molecule has 2 rings (SSSR count). The van der Waals surface area contributed by atoms with Crippen LogP contribution in [0.4, 0.5) is 13.6 Å². The van der Waals surface area contributed by atoms with Gasteiger partial charge < -0.3 is 15.7 Å². The number of nitrogens with one attached hydrogen (secondary N) is 2. The molecule has 0 bridgehead atoms. The van der Waals surface area contributed by atoms with Crippen molar-refractivity contribution in [1.82, 2.24) is 15.5 Å². The van der Waals surface area contributed by atoms with Gasteiger partial charge >= 0.3 is 6.03 Å². The van der Waals surface area contributed by atoms with Crippen LogP contribution in [0, 0.1) is 11.6 Å². The molecule has 3 N–H and O–H groups in total. The molecule has 0 unspecified atom stereocenters. The van der Waals surface area contributed by atoms with Crippen molar-refractivity contribution in [1.29, 1.82) is 0 Å². The van der Waals surface area contributed by atoms with Crippen LogP contribution in [0.3, 0.4) is 0 Å². The van der Waals surface area contributed by atoms with E-state index in [-0.39, 0.29) is 25.2 Å². The number of amides is 2. The van der Waals surface area contributed by atoms with E-state index in [0.717, 1.165) is 37.6 Å². The summed E-state index contributed by atoms with van der Waals surface area (Å²) in [5.74, 6) is -1.66. The number of rotatable bonds is 5. The van der Waals surface area contributed by atoms with Gasteiger partial charge in [-0.15, -0.1) is 0 Å².